The zero-order valence-corrected chi connectivity index (χ0v) is 11.9. The summed E-state index contributed by atoms with van der Waals surface area (Å²) in [6, 6.07) is 8.81. The van der Waals surface area contributed by atoms with E-state index >= 15 is 0 Å². The van der Waals surface area contributed by atoms with Gasteiger partial charge < -0.3 is 9.88 Å². The van der Waals surface area contributed by atoms with Gasteiger partial charge in [-0.1, -0.05) is 6.92 Å². The minimum absolute atomic E-state index is 0.234. The van der Waals surface area contributed by atoms with E-state index < -0.39 is 0 Å². The Hall–Kier alpha value is -1.29. The smallest absolute Gasteiger partial charge is 0.124 e. The molecule has 1 aromatic carbocycles. The summed E-state index contributed by atoms with van der Waals surface area (Å²) < 4.78 is 15.9. The highest BCUT2D eigenvalue weighted by Crippen LogP contribution is 2.23. The zero-order chi connectivity index (χ0) is 13.0. The number of benzene rings is 1. The van der Waals surface area contributed by atoms with Gasteiger partial charge in [-0.15, -0.1) is 0 Å². The summed E-state index contributed by atoms with van der Waals surface area (Å²) in [5.74, 6) is -0.234. The molecule has 0 saturated heterocycles. The lowest BCUT2D eigenvalue weighted by molar-refractivity contribution is 0.627. The fourth-order valence-corrected chi connectivity index (χ4v) is 2.38. The first kappa shape index (κ1) is 13.1. The van der Waals surface area contributed by atoms with Crippen molar-refractivity contribution < 1.29 is 4.39 Å². The van der Waals surface area contributed by atoms with Crippen LogP contribution in [0.5, 0.6) is 0 Å². The molecule has 0 aliphatic rings. The highest BCUT2D eigenvalue weighted by atomic mass is 79.9. The van der Waals surface area contributed by atoms with Crippen LogP contribution in [0.2, 0.25) is 0 Å². The molecule has 1 N–H and O–H groups in total. The normalized spacial score (nSPS) is 10.6. The Labute approximate surface area is 115 Å². The van der Waals surface area contributed by atoms with Crippen LogP contribution >= 0.6 is 15.9 Å². The predicted octanol–water partition coefficient (Wildman–Crippen LogP) is 4.41. The lowest BCUT2D eigenvalue weighted by atomic mass is 10.3. The maximum absolute atomic E-state index is 13.0. The van der Waals surface area contributed by atoms with Crippen molar-refractivity contribution in [3.8, 4) is 0 Å². The van der Waals surface area contributed by atoms with Gasteiger partial charge >= 0.3 is 0 Å². The Morgan fingerprint density at radius 1 is 1.33 bits per heavy atom. The summed E-state index contributed by atoms with van der Waals surface area (Å²) in [5.41, 5.74) is 2.13. The molecule has 0 atom stereocenters. The zero-order valence-electron chi connectivity index (χ0n) is 10.3. The fraction of sp³-hybridized carbons (Fsp3) is 0.286. The van der Waals surface area contributed by atoms with Gasteiger partial charge in [0.1, 0.15) is 5.82 Å². The second kappa shape index (κ2) is 6.05. The van der Waals surface area contributed by atoms with E-state index in [0.29, 0.717) is 0 Å². The molecule has 2 aromatic rings. The van der Waals surface area contributed by atoms with Crippen LogP contribution in [0.1, 0.15) is 19.0 Å². The van der Waals surface area contributed by atoms with E-state index in [1.807, 2.05) is 6.07 Å². The van der Waals surface area contributed by atoms with E-state index in [-0.39, 0.29) is 5.82 Å². The molecule has 0 amide bonds. The minimum Gasteiger partial charge on any atom is -0.379 e. The molecule has 1 heterocycles. The number of hydrogen-bond acceptors (Lipinski definition) is 1. The van der Waals surface area contributed by atoms with Gasteiger partial charge in [0.15, 0.2) is 0 Å². The fourth-order valence-electron chi connectivity index (χ4n) is 1.89. The van der Waals surface area contributed by atoms with E-state index in [2.05, 4.69) is 45.0 Å². The number of aromatic nitrogens is 1. The van der Waals surface area contributed by atoms with E-state index in [1.54, 1.807) is 6.07 Å². The maximum atomic E-state index is 13.0. The van der Waals surface area contributed by atoms with Gasteiger partial charge in [-0.2, -0.15) is 0 Å². The van der Waals surface area contributed by atoms with Gasteiger partial charge in [0.25, 0.3) is 0 Å². The Morgan fingerprint density at radius 2 is 2.17 bits per heavy atom. The van der Waals surface area contributed by atoms with Crippen LogP contribution in [-0.2, 0) is 13.1 Å². The van der Waals surface area contributed by atoms with Crippen LogP contribution in [0.25, 0.3) is 0 Å². The van der Waals surface area contributed by atoms with Crippen LogP contribution in [-0.4, -0.2) is 4.57 Å². The molecule has 1 aromatic heterocycles. The summed E-state index contributed by atoms with van der Waals surface area (Å²) in [6.07, 6.45) is 3.20. The van der Waals surface area contributed by atoms with Crippen molar-refractivity contribution in [2.75, 3.05) is 5.32 Å². The van der Waals surface area contributed by atoms with Gasteiger partial charge in [-0.3, -0.25) is 0 Å². The summed E-state index contributed by atoms with van der Waals surface area (Å²) in [7, 11) is 0. The summed E-state index contributed by atoms with van der Waals surface area (Å²) in [6.45, 7) is 3.92. The van der Waals surface area contributed by atoms with Crippen molar-refractivity contribution in [2.45, 2.75) is 26.4 Å². The van der Waals surface area contributed by atoms with Crippen molar-refractivity contribution in [1.29, 1.82) is 0 Å². The molecule has 0 bridgehead atoms. The highest BCUT2D eigenvalue weighted by molar-refractivity contribution is 9.10. The number of anilines is 1. The summed E-state index contributed by atoms with van der Waals surface area (Å²) in [4.78, 5) is 0. The molecule has 0 spiro atoms. The topological polar surface area (TPSA) is 17.0 Å². The van der Waals surface area contributed by atoms with Crippen LogP contribution in [0.4, 0.5) is 10.1 Å². The van der Waals surface area contributed by atoms with E-state index in [1.165, 1.54) is 17.8 Å². The molecule has 0 saturated carbocycles. The van der Waals surface area contributed by atoms with Crippen LogP contribution in [0, 0.1) is 5.82 Å². The van der Waals surface area contributed by atoms with E-state index in [0.717, 1.165) is 29.7 Å². The van der Waals surface area contributed by atoms with Crippen molar-refractivity contribution in [1.82, 2.24) is 4.57 Å². The lowest BCUT2D eigenvalue weighted by Crippen LogP contribution is -2.07. The average Bonchev–Trinajstić information content (AvgIpc) is 2.76. The van der Waals surface area contributed by atoms with Gasteiger partial charge in [-0.05, 0) is 52.7 Å². The van der Waals surface area contributed by atoms with Crippen molar-refractivity contribution in [3.05, 3.63) is 52.5 Å². The second-order valence-corrected chi connectivity index (χ2v) is 5.02. The monoisotopic (exact) mass is 310 g/mol. The summed E-state index contributed by atoms with van der Waals surface area (Å²) >= 11 is 3.35. The van der Waals surface area contributed by atoms with Crippen molar-refractivity contribution in [2.24, 2.45) is 0 Å². The molecule has 2 nitrogen and oxygen atoms in total. The third-order valence-electron chi connectivity index (χ3n) is 2.78. The average molecular weight is 311 g/mol. The molecule has 0 fully saturated rings. The van der Waals surface area contributed by atoms with Crippen LogP contribution in [0.15, 0.2) is 41.0 Å². The van der Waals surface area contributed by atoms with E-state index in [9.17, 15) is 4.39 Å². The Morgan fingerprint density at radius 3 is 2.89 bits per heavy atom. The molecule has 4 heteroatoms. The molecule has 0 radical (unpaired) electrons. The SMILES string of the molecule is CCCn1cccc1CNc1ccc(F)cc1Br. The maximum Gasteiger partial charge on any atom is 0.124 e. The van der Waals surface area contributed by atoms with Crippen LogP contribution < -0.4 is 5.32 Å². The summed E-state index contributed by atoms with van der Waals surface area (Å²) in [5, 5.41) is 3.31. The van der Waals surface area contributed by atoms with Crippen molar-refractivity contribution >= 4 is 21.6 Å². The first-order valence-corrected chi connectivity index (χ1v) is 6.83. The van der Waals surface area contributed by atoms with Gasteiger partial charge in [-0.25, -0.2) is 4.39 Å². The molecule has 0 aliphatic carbocycles. The third kappa shape index (κ3) is 3.13. The molecule has 0 aliphatic heterocycles. The molecule has 18 heavy (non-hydrogen) atoms. The number of aryl methyl sites for hydroxylation is 1. The number of halogens is 2. The van der Waals surface area contributed by atoms with Gasteiger partial charge in [0, 0.05) is 28.6 Å². The number of nitrogens with one attached hydrogen (secondary N) is 1. The lowest BCUT2D eigenvalue weighted by Gasteiger charge is -2.11. The molecule has 96 valence electrons. The van der Waals surface area contributed by atoms with Crippen LogP contribution in [0.3, 0.4) is 0 Å². The largest absolute Gasteiger partial charge is 0.379 e. The van der Waals surface area contributed by atoms with E-state index in [4.69, 9.17) is 0 Å². The molecule has 2 rings (SSSR count). The quantitative estimate of drug-likeness (QED) is 0.865. The molecular formula is C14H16BrFN2. The first-order chi connectivity index (χ1) is 8.70. The van der Waals surface area contributed by atoms with Crippen molar-refractivity contribution in [3.63, 3.8) is 0 Å². The third-order valence-corrected chi connectivity index (χ3v) is 3.44. The number of nitrogens with zero attached hydrogens (tertiary/aromatic N) is 1. The Balaban J connectivity index is 2.04. The molecular weight excluding hydrogens is 295 g/mol. The highest BCUT2D eigenvalue weighted by Gasteiger charge is 2.03. The predicted molar refractivity (Wildman–Crippen MR) is 76.1 cm³/mol. The Bertz CT molecular complexity index is 522. The second-order valence-electron chi connectivity index (χ2n) is 4.17. The van der Waals surface area contributed by atoms with Gasteiger partial charge in [0.05, 0.1) is 6.54 Å². The molecule has 0 unspecified atom stereocenters. The first-order valence-electron chi connectivity index (χ1n) is 6.03. The van der Waals surface area contributed by atoms with Gasteiger partial charge in [0.2, 0.25) is 0 Å². The standard InChI is InChI=1S/C14H16BrFN2/c1-2-7-18-8-3-4-12(18)10-17-14-6-5-11(16)9-13(14)15/h3-6,8-9,17H,2,7,10H2,1H3. The Kier molecular flexibility index (Phi) is 4.42. The number of hydrogen-bond donors (Lipinski definition) is 1. The minimum atomic E-state index is -0.234. The number of rotatable bonds is 5.